The summed E-state index contributed by atoms with van der Waals surface area (Å²) in [4.78, 5) is 0. The van der Waals surface area contributed by atoms with Crippen LogP contribution in [0.1, 0.15) is 174 Å². The molecule has 0 radical (unpaired) electrons. The third-order valence-electron chi connectivity index (χ3n) is 8.40. The number of allylic oxidation sites excluding steroid dienone is 8. The summed E-state index contributed by atoms with van der Waals surface area (Å²) in [7, 11) is 0. The Labute approximate surface area is 286 Å². The number of hydrogen-bond donors (Lipinski definition) is 1. The Morgan fingerprint density at radius 1 is 0.435 bits per heavy atom. The largest absolute Gasteiger partial charge is 0.493 e. The minimum absolute atomic E-state index is 0.503. The van der Waals surface area contributed by atoms with E-state index in [-0.39, 0.29) is 0 Å². The van der Waals surface area contributed by atoms with Crippen LogP contribution in [0.5, 0.6) is 11.5 Å². The zero-order valence-corrected chi connectivity index (χ0v) is 30.3. The Morgan fingerprint density at radius 2 is 0.783 bits per heavy atom. The maximum Gasteiger partial charge on any atom is 0.123 e. The highest BCUT2D eigenvalue weighted by atomic mass is 16.5. The molecule has 0 saturated carbocycles. The third kappa shape index (κ3) is 28.0. The summed E-state index contributed by atoms with van der Waals surface area (Å²) in [6.07, 6.45) is 48.8. The summed E-state index contributed by atoms with van der Waals surface area (Å²) in [5, 5.41) is 0. The molecule has 0 bridgehead atoms. The molecule has 3 nitrogen and oxygen atoms in total. The van der Waals surface area contributed by atoms with Gasteiger partial charge in [-0.3, -0.25) is 0 Å². The van der Waals surface area contributed by atoms with Gasteiger partial charge in [0.15, 0.2) is 0 Å². The van der Waals surface area contributed by atoms with Crippen molar-refractivity contribution in [1.82, 2.24) is 0 Å². The van der Waals surface area contributed by atoms with Crippen molar-refractivity contribution in [1.29, 1.82) is 0 Å². The van der Waals surface area contributed by atoms with Gasteiger partial charge < -0.3 is 15.2 Å². The second-order valence-corrected chi connectivity index (χ2v) is 12.9. The molecule has 0 fully saturated rings. The van der Waals surface area contributed by atoms with E-state index in [1.165, 1.54) is 128 Å². The van der Waals surface area contributed by atoms with Crippen molar-refractivity contribution in [3.05, 3.63) is 72.4 Å². The van der Waals surface area contributed by atoms with Gasteiger partial charge in [-0.15, -0.1) is 0 Å². The monoisotopic (exact) mass is 636 g/mol. The lowest BCUT2D eigenvalue weighted by atomic mass is 10.1. The molecule has 0 aliphatic carbocycles. The minimum Gasteiger partial charge on any atom is -0.493 e. The summed E-state index contributed by atoms with van der Waals surface area (Å²) >= 11 is 0. The average molecular weight is 636 g/mol. The molecule has 0 atom stereocenters. The van der Waals surface area contributed by atoms with Gasteiger partial charge in [0.2, 0.25) is 0 Å². The molecular formula is C43H73NO2. The number of ether oxygens (including phenoxy) is 2. The summed E-state index contributed by atoms with van der Waals surface area (Å²) in [5.41, 5.74) is 7.02. The molecule has 0 unspecified atom stereocenters. The lowest BCUT2D eigenvalue weighted by Crippen LogP contribution is -2.03. The Kier molecular flexibility index (Phi) is 30.9. The zero-order chi connectivity index (χ0) is 33.0. The first kappa shape index (κ1) is 41.8. The standard InChI is InChI=1S/C43H73NO2/c1-3-5-7-9-11-13-15-17-19-21-23-25-27-29-31-33-35-45-42-37-41(40-44)38-43(39-42)46-36-34-32-30-28-26-24-22-20-18-16-14-12-10-8-6-4-2/h11-14,17-20,37-39H,3-10,15-16,21-36,40,44H2,1-2H3. The van der Waals surface area contributed by atoms with E-state index in [1.54, 1.807) is 0 Å². The Hall–Kier alpha value is -2.26. The Morgan fingerprint density at radius 3 is 1.15 bits per heavy atom. The van der Waals surface area contributed by atoms with E-state index in [4.69, 9.17) is 15.2 Å². The molecule has 0 aliphatic heterocycles. The van der Waals surface area contributed by atoms with Crippen LogP contribution in [0.4, 0.5) is 0 Å². The fraction of sp³-hybridized carbons (Fsp3) is 0.674. The van der Waals surface area contributed by atoms with Crippen molar-refractivity contribution in [3.63, 3.8) is 0 Å². The van der Waals surface area contributed by atoms with Gasteiger partial charge in [-0.2, -0.15) is 0 Å². The van der Waals surface area contributed by atoms with Crippen LogP contribution >= 0.6 is 0 Å². The highest BCUT2D eigenvalue weighted by Crippen LogP contribution is 2.24. The second kappa shape index (κ2) is 34.1. The van der Waals surface area contributed by atoms with Crippen LogP contribution in [-0.4, -0.2) is 13.2 Å². The predicted molar refractivity (Wildman–Crippen MR) is 204 cm³/mol. The van der Waals surface area contributed by atoms with E-state index in [2.05, 4.69) is 74.6 Å². The molecule has 1 aromatic rings. The van der Waals surface area contributed by atoms with Gasteiger partial charge in [-0.25, -0.2) is 0 Å². The van der Waals surface area contributed by atoms with Gasteiger partial charge in [0.25, 0.3) is 0 Å². The van der Waals surface area contributed by atoms with Crippen LogP contribution in [0.15, 0.2) is 66.8 Å². The maximum absolute atomic E-state index is 6.09. The molecular weight excluding hydrogens is 562 g/mol. The molecule has 1 aromatic carbocycles. The van der Waals surface area contributed by atoms with Crippen molar-refractivity contribution in [2.45, 2.75) is 174 Å². The highest BCUT2D eigenvalue weighted by Gasteiger charge is 2.03. The quantitative estimate of drug-likeness (QED) is 0.0617. The van der Waals surface area contributed by atoms with E-state index in [1.807, 2.05) is 6.07 Å². The molecule has 0 spiro atoms. The van der Waals surface area contributed by atoms with Crippen LogP contribution in [-0.2, 0) is 6.54 Å². The fourth-order valence-electron chi connectivity index (χ4n) is 5.48. The first-order chi connectivity index (χ1) is 22.8. The molecule has 0 heterocycles. The van der Waals surface area contributed by atoms with Crippen molar-refractivity contribution < 1.29 is 9.47 Å². The SMILES string of the molecule is CCCCCC=CCC=CCCCCCCCCOc1cc(CN)cc(OCCCCCCCCC=CCC=CCCCCC)c1. The Bertz CT molecular complexity index is 832. The van der Waals surface area contributed by atoms with Crippen molar-refractivity contribution in [3.8, 4) is 11.5 Å². The van der Waals surface area contributed by atoms with Crippen LogP contribution < -0.4 is 15.2 Å². The number of rotatable bonds is 33. The lowest BCUT2D eigenvalue weighted by Gasteiger charge is -2.12. The van der Waals surface area contributed by atoms with E-state index in [9.17, 15) is 0 Å². The molecule has 0 aromatic heterocycles. The van der Waals surface area contributed by atoms with E-state index in [0.29, 0.717) is 6.54 Å². The third-order valence-corrected chi connectivity index (χ3v) is 8.40. The highest BCUT2D eigenvalue weighted by molar-refractivity contribution is 5.38. The minimum atomic E-state index is 0.503. The number of benzene rings is 1. The van der Waals surface area contributed by atoms with Gasteiger partial charge in [0.1, 0.15) is 11.5 Å². The number of nitrogens with two attached hydrogens (primary N) is 1. The lowest BCUT2D eigenvalue weighted by molar-refractivity contribution is 0.289. The molecule has 3 heteroatoms. The molecule has 0 saturated heterocycles. The van der Waals surface area contributed by atoms with Gasteiger partial charge in [0, 0.05) is 12.6 Å². The summed E-state index contributed by atoms with van der Waals surface area (Å²) < 4.78 is 12.2. The summed E-state index contributed by atoms with van der Waals surface area (Å²) in [5.74, 6) is 1.77. The van der Waals surface area contributed by atoms with Crippen LogP contribution in [0, 0.1) is 0 Å². The molecule has 0 aliphatic rings. The van der Waals surface area contributed by atoms with E-state index < -0.39 is 0 Å². The molecule has 2 N–H and O–H groups in total. The molecule has 0 amide bonds. The van der Waals surface area contributed by atoms with Gasteiger partial charge in [-0.05, 0) is 94.7 Å². The van der Waals surface area contributed by atoms with Gasteiger partial charge in [0.05, 0.1) is 13.2 Å². The second-order valence-electron chi connectivity index (χ2n) is 12.9. The fourth-order valence-corrected chi connectivity index (χ4v) is 5.48. The first-order valence-electron chi connectivity index (χ1n) is 19.5. The number of hydrogen-bond acceptors (Lipinski definition) is 3. The van der Waals surface area contributed by atoms with Crippen LogP contribution in [0.2, 0.25) is 0 Å². The van der Waals surface area contributed by atoms with E-state index >= 15 is 0 Å². The van der Waals surface area contributed by atoms with Gasteiger partial charge >= 0.3 is 0 Å². The van der Waals surface area contributed by atoms with Gasteiger partial charge in [-0.1, -0.05) is 140 Å². The molecule has 46 heavy (non-hydrogen) atoms. The predicted octanol–water partition coefficient (Wildman–Crippen LogP) is 13.5. The first-order valence-corrected chi connectivity index (χ1v) is 19.5. The zero-order valence-electron chi connectivity index (χ0n) is 30.3. The summed E-state index contributed by atoms with van der Waals surface area (Å²) in [6, 6.07) is 6.15. The van der Waals surface area contributed by atoms with Crippen molar-refractivity contribution >= 4 is 0 Å². The van der Waals surface area contributed by atoms with E-state index in [0.717, 1.165) is 56.0 Å². The van der Waals surface area contributed by atoms with Crippen molar-refractivity contribution in [2.24, 2.45) is 5.73 Å². The summed E-state index contributed by atoms with van der Waals surface area (Å²) in [6.45, 7) is 6.54. The average Bonchev–Trinajstić information content (AvgIpc) is 3.07. The molecule has 1 rings (SSSR count). The maximum atomic E-state index is 6.09. The topological polar surface area (TPSA) is 44.5 Å². The van der Waals surface area contributed by atoms with Crippen molar-refractivity contribution in [2.75, 3.05) is 13.2 Å². The Balaban J connectivity index is 2.02. The van der Waals surface area contributed by atoms with Crippen LogP contribution in [0.25, 0.3) is 0 Å². The van der Waals surface area contributed by atoms with Crippen LogP contribution in [0.3, 0.4) is 0 Å². The smallest absolute Gasteiger partial charge is 0.123 e. The normalized spacial score (nSPS) is 12.1. The number of unbranched alkanes of at least 4 members (excludes halogenated alkanes) is 18. The molecule has 262 valence electrons.